The van der Waals surface area contributed by atoms with Gasteiger partial charge in [-0.05, 0) is 36.2 Å². The molecule has 0 fully saturated rings. The van der Waals surface area contributed by atoms with Crippen LogP contribution >= 0.6 is 11.3 Å². The molecule has 0 saturated heterocycles. The second-order valence-electron chi connectivity index (χ2n) is 6.24. The van der Waals surface area contributed by atoms with Crippen LogP contribution in [0.1, 0.15) is 38.8 Å². The molecule has 1 aliphatic rings. The second kappa shape index (κ2) is 6.73. The topological polar surface area (TPSA) is 49.4 Å². The number of carbonyl (C=O) groups excluding carboxylic acids is 2. The highest BCUT2D eigenvalue weighted by Crippen LogP contribution is 2.36. The number of anilines is 1. The molecule has 3 rings (SSSR count). The third kappa shape index (κ3) is 3.33. The van der Waals surface area contributed by atoms with E-state index in [1.807, 2.05) is 13.8 Å². The number of amides is 2. The predicted molar refractivity (Wildman–Crippen MR) is 93.3 cm³/mol. The first-order valence-corrected chi connectivity index (χ1v) is 8.75. The minimum absolute atomic E-state index is 0.0997. The summed E-state index contributed by atoms with van der Waals surface area (Å²) in [6, 6.07) is 7.31. The normalized spacial score (nSPS) is 13.2. The van der Waals surface area contributed by atoms with Crippen molar-refractivity contribution < 1.29 is 14.0 Å². The van der Waals surface area contributed by atoms with Gasteiger partial charge in [0.25, 0.3) is 11.8 Å². The van der Waals surface area contributed by atoms with E-state index in [4.69, 9.17) is 0 Å². The summed E-state index contributed by atoms with van der Waals surface area (Å²) in [5.74, 6) is -0.247. The molecule has 4 nitrogen and oxygen atoms in total. The molecule has 0 radical (unpaired) electrons. The lowest BCUT2D eigenvalue weighted by Gasteiger charge is -2.16. The van der Waals surface area contributed by atoms with Gasteiger partial charge in [-0.1, -0.05) is 13.8 Å². The van der Waals surface area contributed by atoms with Crippen LogP contribution in [0.5, 0.6) is 0 Å². The number of carbonyl (C=O) groups is 2. The quantitative estimate of drug-likeness (QED) is 0.921. The molecule has 126 valence electrons. The summed E-state index contributed by atoms with van der Waals surface area (Å²) in [6.07, 6.45) is 0.740. The zero-order valence-electron chi connectivity index (χ0n) is 13.6. The highest BCUT2D eigenvalue weighted by atomic mass is 32.1. The Labute approximate surface area is 144 Å². The maximum Gasteiger partial charge on any atom is 0.261 e. The average Bonchev–Trinajstić information content (AvgIpc) is 3.13. The first-order chi connectivity index (χ1) is 11.5. The van der Waals surface area contributed by atoms with Crippen molar-refractivity contribution in [3.63, 3.8) is 0 Å². The van der Waals surface area contributed by atoms with Crippen molar-refractivity contribution in [2.24, 2.45) is 5.92 Å². The maximum absolute atomic E-state index is 13.0. The van der Waals surface area contributed by atoms with Gasteiger partial charge in [-0.3, -0.25) is 9.59 Å². The van der Waals surface area contributed by atoms with Gasteiger partial charge in [0, 0.05) is 30.0 Å². The highest BCUT2D eigenvalue weighted by Gasteiger charge is 2.29. The van der Waals surface area contributed by atoms with Crippen LogP contribution in [0.3, 0.4) is 0 Å². The molecule has 2 heterocycles. The fourth-order valence-corrected chi connectivity index (χ4v) is 3.68. The molecule has 1 aromatic carbocycles. The molecular formula is C18H19FN2O2S. The van der Waals surface area contributed by atoms with Gasteiger partial charge in [0.1, 0.15) is 5.82 Å². The van der Waals surface area contributed by atoms with Gasteiger partial charge >= 0.3 is 0 Å². The van der Waals surface area contributed by atoms with Crippen LogP contribution < -0.4 is 10.2 Å². The summed E-state index contributed by atoms with van der Waals surface area (Å²) in [6.45, 7) is 5.29. The average molecular weight is 346 g/mol. The first-order valence-electron chi connectivity index (χ1n) is 7.94. The molecule has 1 aromatic heterocycles. The molecule has 1 aliphatic heterocycles. The van der Waals surface area contributed by atoms with E-state index in [1.165, 1.54) is 35.6 Å². The van der Waals surface area contributed by atoms with Crippen molar-refractivity contribution in [1.29, 1.82) is 0 Å². The lowest BCUT2D eigenvalue weighted by atomic mass is 10.2. The van der Waals surface area contributed by atoms with Gasteiger partial charge in [0.2, 0.25) is 0 Å². The molecule has 6 heteroatoms. The minimum Gasteiger partial charge on any atom is -0.351 e. The third-order valence-corrected chi connectivity index (χ3v) is 5.05. The Morgan fingerprint density at radius 3 is 2.67 bits per heavy atom. The molecule has 0 aliphatic carbocycles. The van der Waals surface area contributed by atoms with Crippen LogP contribution in [0.4, 0.5) is 10.1 Å². The van der Waals surface area contributed by atoms with Gasteiger partial charge in [0.15, 0.2) is 0 Å². The number of hydrogen-bond donors (Lipinski definition) is 1. The Bertz CT molecular complexity index is 768. The number of nitrogens with zero attached hydrogens (tertiary/aromatic N) is 1. The Balaban J connectivity index is 1.78. The van der Waals surface area contributed by atoms with Gasteiger partial charge in [-0.25, -0.2) is 4.39 Å². The van der Waals surface area contributed by atoms with Crippen LogP contribution in [0.2, 0.25) is 0 Å². The van der Waals surface area contributed by atoms with E-state index < -0.39 is 0 Å². The number of thiophene rings is 1. The minimum atomic E-state index is -0.367. The fourth-order valence-electron chi connectivity index (χ4n) is 2.62. The SMILES string of the molecule is CC(C)CNC(=O)c1cc2c(s1)CCN2C(=O)c1ccc(F)cc1. The highest BCUT2D eigenvalue weighted by molar-refractivity contribution is 7.14. The summed E-state index contributed by atoms with van der Waals surface area (Å²) in [5.41, 5.74) is 1.24. The van der Waals surface area contributed by atoms with Crippen LogP contribution in [-0.4, -0.2) is 24.9 Å². The van der Waals surface area contributed by atoms with E-state index in [0.717, 1.165) is 17.0 Å². The van der Waals surface area contributed by atoms with E-state index in [9.17, 15) is 14.0 Å². The number of rotatable bonds is 4. The molecule has 0 saturated carbocycles. The Hall–Kier alpha value is -2.21. The number of fused-ring (bicyclic) bond motifs is 1. The zero-order chi connectivity index (χ0) is 17.3. The second-order valence-corrected chi connectivity index (χ2v) is 7.37. The Morgan fingerprint density at radius 1 is 1.29 bits per heavy atom. The molecule has 0 bridgehead atoms. The molecule has 0 spiro atoms. The number of benzene rings is 1. The summed E-state index contributed by atoms with van der Waals surface area (Å²) in [4.78, 5) is 28.1. The van der Waals surface area contributed by atoms with Gasteiger partial charge in [-0.15, -0.1) is 11.3 Å². The summed E-state index contributed by atoms with van der Waals surface area (Å²) in [7, 11) is 0. The fraction of sp³-hybridized carbons (Fsp3) is 0.333. The summed E-state index contributed by atoms with van der Waals surface area (Å²) < 4.78 is 13.0. The first kappa shape index (κ1) is 16.6. The molecule has 1 N–H and O–H groups in total. The van der Waals surface area contributed by atoms with E-state index >= 15 is 0 Å². The molecule has 24 heavy (non-hydrogen) atoms. The largest absolute Gasteiger partial charge is 0.351 e. The summed E-state index contributed by atoms with van der Waals surface area (Å²) in [5, 5.41) is 2.90. The zero-order valence-corrected chi connectivity index (χ0v) is 14.5. The number of halogens is 1. The van der Waals surface area contributed by atoms with Gasteiger partial charge in [0.05, 0.1) is 10.6 Å². The molecule has 2 amide bonds. The third-order valence-electron chi connectivity index (χ3n) is 3.87. The summed E-state index contributed by atoms with van der Waals surface area (Å²) >= 11 is 1.43. The Morgan fingerprint density at radius 2 is 2.00 bits per heavy atom. The van der Waals surface area contributed by atoms with Crippen molar-refractivity contribution in [3.05, 3.63) is 51.5 Å². The van der Waals surface area contributed by atoms with Crippen molar-refractivity contribution in [1.82, 2.24) is 5.32 Å². The number of nitrogens with one attached hydrogen (secondary N) is 1. The van der Waals surface area contributed by atoms with E-state index in [0.29, 0.717) is 29.4 Å². The van der Waals surface area contributed by atoms with E-state index in [2.05, 4.69) is 5.32 Å². The van der Waals surface area contributed by atoms with Crippen molar-refractivity contribution in [2.45, 2.75) is 20.3 Å². The molecule has 0 atom stereocenters. The van der Waals surface area contributed by atoms with Gasteiger partial charge < -0.3 is 10.2 Å². The monoisotopic (exact) mass is 346 g/mol. The van der Waals surface area contributed by atoms with Crippen LogP contribution in [0, 0.1) is 11.7 Å². The lowest BCUT2D eigenvalue weighted by molar-refractivity contribution is 0.0950. The molecular weight excluding hydrogens is 327 g/mol. The van der Waals surface area contributed by atoms with Crippen LogP contribution in [0.15, 0.2) is 30.3 Å². The van der Waals surface area contributed by atoms with Crippen molar-refractivity contribution >= 4 is 28.8 Å². The van der Waals surface area contributed by atoms with Gasteiger partial charge in [-0.2, -0.15) is 0 Å². The smallest absolute Gasteiger partial charge is 0.261 e. The maximum atomic E-state index is 13.0. The van der Waals surface area contributed by atoms with Crippen molar-refractivity contribution in [2.75, 3.05) is 18.0 Å². The molecule has 0 unspecified atom stereocenters. The standard InChI is InChI=1S/C18H19FN2O2S/c1-11(2)10-20-17(22)16-9-14-15(24-16)7-8-21(14)18(23)12-3-5-13(19)6-4-12/h3-6,9,11H,7-8,10H2,1-2H3,(H,20,22). The van der Waals surface area contributed by atoms with Crippen LogP contribution in [-0.2, 0) is 6.42 Å². The number of hydrogen-bond acceptors (Lipinski definition) is 3. The van der Waals surface area contributed by atoms with Crippen LogP contribution in [0.25, 0.3) is 0 Å². The predicted octanol–water partition coefficient (Wildman–Crippen LogP) is 3.48. The van der Waals surface area contributed by atoms with Crippen molar-refractivity contribution in [3.8, 4) is 0 Å². The lowest BCUT2D eigenvalue weighted by Crippen LogP contribution is -2.29. The van der Waals surface area contributed by atoms with E-state index in [1.54, 1.807) is 11.0 Å². The Kier molecular flexibility index (Phi) is 4.66. The van der Waals surface area contributed by atoms with E-state index in [-0.39, 0.29) is 17.6 Å². The molecule has 2 aromatic rings.